The zero-order valence-electron chi connectivity index (χ0n) is 10.8. The largest absolute Gasteiger partial charge is 0.381 e. The summed E-state index contributed by atoms with van der Waals surface area (Å²) in [5.41, 5.74) is 4.03. The van der Waals surface area contributed by atoms with Crippen LogP contribution in [0.4, 0.5) is 10.1 Å². The van der Waals surface area contributed by atoms with Gasteiger partial charge in [0, 0.05) is 12.2 Å². The fraction of sp³-hybridized carbons (Fsp3) is 0.250. The molecule has 0 aromatic heterocycles. The van der Waals surface area contributed by atoms with E-state index in [2.05, 4.69) is 36.5 Å². The number of nitrogens with one attached hydrogen (secondary N) is 1. The Labute approximate surface area is 108 Å². The summed E-state index contributed by atoms with van der Waals surface area (Å²) in [6, 6.07) is 13.7. The van der Waals surface area contributed by atoms with E-state index in [4.69, 9.17) is 0 Å². The number of benzene rings is 2. The monoisotopic (exact) mass is 243 g/mol. The Bertz CT molecular complexity index is 517. The van der Waals surface area contributed by atoms with Crippen LogP contribution in [0.5, 0.6) is 0 Å². The molecule has 0 heterocycles. The molecule has 2 heteroatoms. The van der Waals surface area contributed by atoms with Crippen molar-refractivity contribution < 1.29 is 4.39 Å². The third-order valence-corrected chi connectivity index (χ3v) is 3.10. The predicted molar refractivity (Wildman–Crippen MR) is 74.3 cm³/mol. The maximum Gasteiger partial charge on any atom is 0.128 e. The van der Waals surface area contributed by atoms with Crippen molar-refractivity contribution in [3.63, 3.8) is 0 Å². The molecule has 2 rings (SSSR count). The molecule has 2 aromatic carbocycles. The number of aryl methyl sites for hydroxylation is 2. The Morgan fingerprint density at radius 3 is 2.28 bits per heavy atom. The fourth-order valence-electron chi connectivity index (χ4n) is 1.80. The van der Waals surface area contributed by atoms with Crippen molar-refractivity contribution in [1.82, 2.24) is 0 Å². The predicted octanol–water partition coefficient (Wildman–Crippen LogP) is 4.31. The first-order valence-corrected chi connectivity index (χ1v) is 6.27. The summed E-state index contributed by atoms with van der Waals surface area (Å²) in [5, 5.41) is 3.23. The van der Waals surface area contributed by atoms with Crippen LogP contribution in [0.25, 0.3) is 0 Å². The first-order chi connectivity index (χ1) is 8.69. The lowest BCUT2D eigenvalue weighted by molar-refractivity contribution is 0.619. The van der Waals surface area contributed by atoms with Gasteiger partial charge in [0.2, 0.25) is 0 Å². The molecule has 94 valence electrons. The van der Waals surface area contributed by atoms with E-state index in [1.807, 2.05) is 6.07 Å². The van der Waals surface area contributed by atoms with Gasteiger partial charge in [0.15, 0.2) is 0 Å². The molecule has 0 saturated carbocycles. The molecule has 0 aliphatic carbocycles. The van der Waals surface area contributed by atoms with Gasteiger partial charge >= 0.3 is 0 Å². The Morgan fingerprint density at radius 1 is 1.00 bits per heavy atom. The molecule has 0 unspecified atom stereocenters. The Hall–Kier alpha value is -1.83. The number of hydrogen-bond donors (Lipinski definition) is 1. The van der Waals surface area contributed by atoms with E-state index in [1.54, 1.807) is 13.0 Å². The molecule has 1 nitrogen and oxygen atoms in total. The molecule has 0 spiro atoms. The lowest BCUT2D eigenvalue weighted by Gasteiger charge is -2.08. The Balaban J connectivity index is 1.99. The quantitative estimate of drug-likeness (QED) is 0.843. The maximum absolute atomic E-state index is 13.4. The lowest BCUT2D eigenvalue weighted by atomic mass is 10.1. The summed E-state index contributed by atoms with van der Waals surface area (Å²) < 4.78 is 13.4. The SMILES string of the molecule is CCc1ccc(CNc2ccc(C)c(F)c2)cc1. The van der Waals surface area contributed by atoms with E-state index in [1.165, 1.54) is 17.2 Å². The smallest absolute Gasteiger partial charge is 0.128 e. The molecule has 2 aromatic rings. The second kappa shape index (κ2) is 5.67. The molecule has 0 amide bonds. The highest BCUT2D eigenvalue weighted by atomic mass is 19.1. The molecular weight excluding hydrogens is 225 g/mol. The minimum atomic E-state index is -0.165. The topological polar surface area (TPSA) is 12.0 Å². The van der Waals surface area contributed by atoms with E-state index >= 15 is 0 Å². The van der Waals surface area contributed by atoms with Crippen molar-refractivity contribution in [2.45, 2.75) is 26.8 Å². The molecule has 0 aliphatic rings. The van der Waals surface area contributed by atoms with Crippen LogP contribution in [0, 0.1) is 12.7 Å². The minimum Gasteiger partial charge on any atom is -0.381 e. The van der Waals surface area contributed by atoms with Crippen molar-refractivity contribution in [3.8, 4) is 0 Å². The van der Waals surface area contributed by atoms with Gasteiger partial charge < -0.3 is 5.32 Å². The van der Waals surface area contributed by atoms with Gasteiger partial charge in [-0.05, 0) is 42.2 Å². The summed E-state index contributed by atoms with van der Waals surface area (Å²) in [7, 11) is 0. The molecule has 0 atom stereocenters. The fourth-order valence-corrected chi connectivity index (χ4v) is 1.80. The van der Waals surface area contributed by atoms with E-state index < -0.39 is 0 Å². The third-order valence-electron chi connectivity index (χ3n) is 3.10. The average Bonchev–Trinajstić information content (AvgIpc) is 2.41. The van der Waals surface area contributed by atoms with Crippen molar-refractivity contribution in [3.05, 3.63) is 65.0 Å². The highest BCUT2D eigenvalue weighted by molar-refractivity contribution is 5.45. The normalized spacial score (nSPS) is 10.4. The van der Waals surface area contributed by atoms with E-state index in [-0.39, 0.29) is 5.82 Å². The van der Waals surface area contributed by atoms with Crippen LogP contribution in [-0.4, -0.2) is 0 Å². The van der Waals surface area contributed by atoms with Gasteiger partial charge in [0.1, 0.15) is 5.82 Å². The van der Waals surface area contributed by atoms with Crippen LogP contribution in [0.3, 0.4) is 0 Å². The van der Waals surface area contributed by atoms with Crippen LogP contribution < -0.4 is 5.32 Å². The van der Waals surface area contributed by atoms with Crippen LogP contribution >= 0.6 is 0 Å². The highest BCUT2D eigenvalue weighted by Crippen LogP contribution is 2.15. The van der Waals surface area contributed by atoms with Crippen LogP contribution in [0.2, 0.25) is 0 Å². The van der Waals surface area contributed by atoms with E-state index in [0.29, 0.717) is 12.1 Å². The van der Waals surface area contributed by atoms with Gasteiger partial charge in [-0.2, -0.15) is 0 Å². The van der Waals surface area contributed by atoms with Gasteiger partial charge in [-0.3, -0.25) is 0 Å². The molecule has 1 N–H and O–H groups in total. The summed E-state index contributed by atoms with van der Waals surface area (Å²) in [4.78, 5) is 0. The standard InChI is InChI=1S/C16H18FN/c1-3-13-5-7-14(8-6-13)11-18-15-9-4-12(2)16(17)10-15/h4-10,18H,3,11H2,1-2H3. The first-order valence-electron chi connectivity index (χ1n) is 6.27. The van der Waals surface area contributed by atoms with Crippen molar-refractivity contribution in [2.75, 3.05) is 5.32 Å². The minimum absolute atomic E-state index is 0.165. The second-order valence-electron chi connectivity index (χ2n) is 4.49. The number of anilines is 1. The molecule has 0 saturated heterocycles. The molecule has 0 aliphatic heterocycles. The zero-order valence-corrected chi connectivity index (χ0v) is 10.8. The van der Waals surface area contributed by atoms with Crippen LogP contribution in [0.15, 0.2) is 42.5 Å². The Kier molecular flexibility index (Phi) is 3.98. The number of hydrogen-bond acceptors (Lipinski definition) is 1. The second-order valence-corrected chi connectivity index (χ2v) is 4.49. The maximum atomic E-state index is 13.4. The van der Waals surface area contributed by atoms with E-state index in [9.17, 15) is 4.39 Å². The first kappa shape index (κ1) is 12.6. The number of halogens is 1. The summed E-state index contributed by atoms with van der Waals surface area (Å²) in [5.74, 6) is -0.165. The van der Waals surface area contributed by atoms with E-state index in [0.717, 1.165) is 12.1 Å². The molecule has 0 fully saturated rings. The summed E-state index contributed by atoms with van der Waals surface area (Å²) in [6.45, 7) is 4.62. The molecule has 0 radical (unpaired) electrons. The van der Waals surface area contributed by atoms with Crippen molar-refractivity contribution in [1.29, 1.82) is 0 Å². The van der Waals surface area contributed by atoms with Crippen molar-refractivity contribution >= 4 is 5.69 Å². The third kappa shape index (κ3) is 3.10. The highest BCUT2D eigenvalue weighted by Gasteiger charge is 1.99. The summed E-state index contributed by atoms with van der Waals surface area (Å²) >= 11 is 0. The zero-order chi connectivity index (χ0) is 13.0. The van der Waals surface area contributed by atoms with Crippen molar-refractivity contribution in [2.24, 2.45) is 0 Å². The average molecular weight is 243 g/mol. The van der Waals surface area contributed by atoms with Gasteiger partial charge in [-0.25, -0.2) is 4.39 Å². The number of rotatable bonds is 4. The Morgan fingerprint density at radius 2 is 1.67 bits per heavy atom. The van der Waals surface area contributed by atoms with Gasteiger partial charge in [0.05, 0.1) is 0 Å². The summed E-state index contributed by atoms with van der Waals surface area (Å²) in [6.07, 6.45) is 1.05. The van der Waals surface area contributed by atoms with Gasteiger partial charge in [-0.1, -0.05) is 37.3 Å². The molecule has 0 bridgehead atoms. The molecule has 18 heavy (non-hydrogen) atoms. The van der Waals surface area contributed by atoms with Gasteiger partial charge in [0.25, 0.3) is 0 Å². The van der Waals surface area contributed by atoms with Crippen LogP contribution in [0.1, 0.15) is 23.6 Å². The van der Waals surface area contributed by atoms with Crippen LogP contribution in [-0.2, 0) is 13.0 Å². The lowest BCUT2D eigenvalue weighted by Crippen LogP contribution is -2.00. The van der Waals surface area contributed by atoms with Gasteiger partial charge in [-0.15, -0.1) is 0 Å². The molecular formula is C16H18FN.